The molecule has 0 unspecified atom stereocenters. The van der Waals surface area contributed by atoms with E-state index in [0.29, 0.717) is 0 Å². The standard InChI is InChI=1S/C15H24/c1-4-13(5-2)7-10-15-11-8-14(6-3)9-12-15/h8-9,11-13H,4-7,10H2,1-3H3. The predicted molar refractivity (Wildman–Crippen MR) is 68.2 cm³/mol. The maximum atomic E-state index is 2.30. The van der Waals surface area contributed by atoms with Gasteiger partial charge in [-0.2, -0.15) is 0 Å². The van der Waals surface area contributed by atoms with E-state index in [1.807, 2.05) is 0 Å². The lowest BCUT2D eigenvalue weighted by molar-refractivity contribution is 0.456. The Morgan fingerprint density at radius 2 is 1.40 bits per heavy atom. The maximum absolute atomic E-state index is 2.30. The van der Waals surface area contributed by atoms with Crippen molar-refractivity contribution in [2.24, 2.45) is 5.92 Å². The third kappa shape index (κ3) is 4.07. The molecule has 0 aromatic heterocycles. The second-order valence-corrected chi connectivity index (χ2v) is 4.39. The first kappa shape index (κ1) is 12.3. The molecule has 0 N–H and O–H groups in total. The van der Waals surface area contributed by atoms with Crippen LogP contribution in [0.25, 0.3) is 0 Å². The third-order valence-corrected chi connectivity index (χ3v) is 3.43. The van der Waals surface area contributed by atoms with Gasteiger partial charge in [-0.05, 0) is 36.3 Å². The summed E-state index contributed by atoms with van der Waals surface area (Å²) in [6.45, 7) is 6.81. The van der Waals surface area contributed by atoms with Gasteiger partial charge in [-0.3, -0.25) is 0 Å². The summed E-state index contributed by atoms with van der Waals surface area (Å²) in [6.07, 6.45) is 6.38. The molecule has 0 aliphatic rings. The average molecular weight is 204 g/mol. The average Bonchev–Trinajstić information content (AvgIpc) is 2.31. The van der Waals surface area contributed by atoms with Gasteiger partial charge in [-0.1, -0.05) is 57.9 Å². The zero-order valence-corrected chi connectivity index (χ0v) is 10.4. The van der Waals surface area contributed by atoms with Crippen LogP contribution in [0.4, 0.5) is 0 Å². The van der Waals surface area contributed by atoms with Crippen LogP contribution in [-0.4, -0.2) is 0 Å². The topological polar surface area (TPSA) is 0 Å². The normalized spacial score (nSPS) is 10.9. The van der Waals surface area contributed by atoms with Crippen LogP contribution in [0.3, 0.4) is 0 Å². The second-order valence-electron chi connectivity index (χ2n) is 4.39. The van der Waals surface area contributed by atoms with Gasteiger partial charge in [0.25, 0.3) is 0 Å². The smallest absolute Gasteiger partial charge is 0.0276 e. The highest BCUT2D eigenvalue weighted by Crippen LogP contribution is 2.16. The van der Waals surface area contributed by atoms with Crippen LogP contribution in [0.2, 0.25) is 0 Å². The fourth-order valence-corrected chi connectivity index (χ4v) is 2.01. The molecule has 1 rings (SSSR count). The monoisotopic (exact) mass is 204 g/mol. The van der Waals surface area contributed by atoms with Crippen LogP contribution >= 0.6 is 0 Å². The van der Waals surface area contributed by atoms with Crippen LogP contribution in [0, 0.1) is 5.92 Å². The van der Waals surface area contributed by atoms with Gasteiger partial charge in [0.2, 0.25) is 0 Å². The van der Waals surface area contributed by atoms with Crippen molar-refractivity contribution in [2.45, 2.75) is 52.9 Å². The molecule has 84 valence electrons. The zero-order valence-electron chi connectivity index (χ0n) is 10.4. The van der Waals surface area contributed by atoms with Crippen molar-refractivity contribution in [3.63, 3.8) is 0 Å². The fourth-order valence-electron chi connectivity index (χ4n) is 2.01. The molecule has 0 heteroatoms. The highest BCUT2D eigenvalue weighted by Gasteiger charge is 2.03. The first-order valence-corrected chi connectivity index (χ1v) is 6.37. The minimum atomic E-state index is 0.913. The van der Waals surface area contributed by atoms with Gasteiger partial charge in [-0.25, -0.2) is 0 Å². The number of hydrogen-bond acceptors (Lipinski definition) is 0. The Kier molecular flexibility index (Phi) is 5.45. The van der Waals surface area contributed by atoms with Crippen LogP contribution in [0.5, 0.6) is 0 Å². The number of rotatable bonds is 6. The molecule has 0 bridgehead atoms. The lowest BCUT2D eigenvalue weighted by Gasteiger charge is -2.11. The molecule has 0 heterocycles. The van der Waals surface area contributed by atoms with Crippen molar-refractivity contribution >= 4 is 0 Å². The Morgan fingerprint density at radius 3 is 1.87 bits per heavy atom. The highest BCUT2D eigenvalue weighted by atomic mass is 14.1. The van der Waals surface area contributed by atoms with E-state index < -0.39 is 0 Å². The van der Waals surface area contributed by atoms with Gasteiger partial charge in [0.1, 0.15) is 0 Å². The van der Waals surface area contributed by atoms with Crippen molar-refractivity contribution in [1.82, 2.24) is 0 Å². The van der Waals surface area contributed by atoms with E-state index in [2.05, 4.69) is 45.0 Å². The summed E-state index contributed by atoms with van der Waals surface area (Å²) in [5.74, 6) is 0.913. The Bertz CT molecular complexity index is 254. The van der Waals surface area contributed by atoms with Crippen molar-refractivity contribution in [2.75, 3.05) is 0 Å². The molecular formula is C15H24. The first-order valence-electron chi connectivity index (χ1n) is 6.37. The summed E-state index contributed by atoms with van der Waals surface area (Å²) in [4.78, 5) is 0. The van der Waals surface area contributed by atoms with Crippen LogP contribution in [0.15, 0.2) is 24.3 Å². The van der Waals surface area contributed by atoms with E-state index in [0.717, 1.165) is 12.3 Å². The molecule has 0 nitrogen and oxygen atoms in total. The Hall–Kier alpha value is -0.780. The Morgan fingerprint density at radius 1 is 0.867 bits per heavy atom. The SMILES string of the molecule is CCc1ccc(CCC(CC)CC)cc1. The maximum Gasteiger partial charge on any atom is -0.0276 e. The van der Waals surface area contributed by atoms with Gasteiger partial charge in [-0.15, -0.1) is 0 Å². The number of hydrogen-bond donors (Lipinski definition) is 0. The molecule has 0 radical (unpaired) electrons. The fraction of sp³-hybridized carbons (Fsp3) is 0.600. The minimum absolute atomic E-state index is 0.913. The largest absolute Gasteiger partial charge is 0.0651 e. The highest BCUT2D eigenvalue weighted by molar-refractivity contribution is 5.22. The number of benzene rings is 1. The quantitative estimate of drug-likeness (QED) is 0.634. The van der Waals surface area contributed by atoms with Crippen LogP contribution in [0.1, 0.15) is 51.2 Å². The van der Waals surface area contributed by atoms with E-state index in [9.17, 15) is 0 Å². The van der Waals surface area contributed by atoms with E-state index in [1.54, 1.807) is 0 Å². The van der Waals surface area contributed by atoms with Gasteiger partial charge in [0.05, 0.1) is 0 Å². The molecule has 0 aliphatic heterocycles. The lowest BCUT2D eigenvalue weighted by Crippen LogP contribution is -1.99. The first-order chi connectivity index (χ1) is 7.30. The molecule has 0 saturated carbocycles. The molecule has 0 fully saturated rings. The molecular weight excluding hydrogens is 180 g/mol. The number of aryl methyl sites for hydroxylation is 2. The summed E-state index contributed by atoms with van der Waals surface area (Å²) in [5, 5.41) is 0. The minimum Gasteiger partial charge on any atom is -0.0651 e. The molecule has 0 atom stereocenters. The molecule has 1 aromatic carbocycles. The van der Waals surface area contributed by atoms with E-state index in [-0.39, 0.29) is 0 Å². The molecule has 0 amide bonds. The molecule has 1 aromatic rings. The van der Waals surface area contributed by atoms with Crippen LogP contribution < -0.4 is 0 Å². The van der Waals surface area contributed by atoms with Crippen molar-refractivity contribution < 1.29 is 0 Å². The summed E-state index contributed by atoms with van der Waals surface area (Å²) in [7, 11) is 0. The predicted octanol–water partition coefficient (Wildman–Crippen LogP) is 4.62. The van der Waals surface area contributed by atoms with Crippen molar-refractivity contribution in [3.8, 4) is 0 Å². The van der Waals surface area contributed by atoms with Crippen molar-refractivity contribution in [1.29, 1.82) is 0 Å². The molecule has 15 heavy (non-hydrogen) atoms. The van der Waals surface area contributed by atoms with Crippen LogP contribution in [-0.2, 0) is 12.8 Å². The summed E-state index contributed by atoms with van der Waals surface area (Å²) >= 11 is 0. The summed E-state index contributed by atoms with van der Waals surface area (Å²) in [6, 6.07) is 9.12. The molecule has 0 aliphatic carbocycles. The zero-order chi connectivity index (χ0) is 11.1. The second kappa shape index (κ2) is 6.66. The van der Waals surface area contributed by atoms with Gasteiger partial charge < -0.3 is 0 Å². The summed E-state index contributed by atoms with van der Waals surface area (Å²) < 4.78 is 0. The third-order valence-electron chi connectivity index (χ3n) is 3.43. The Labute approximate surface area is 94.7 Å². The van der Waals surface area contributed by atoms with Gasteiger partial charge in [0, 0.05) is 0 Å². The van der Waals surface area contributed by atoms with Gasteiger partial charge in [0.15, 0.2) is 0 Å². The Balaban J connectivity index is 2.43. The van der Waals surface area contributed by atoms with Gasteiger partial charge >= 0.3 is 0 Å². The molecule has 0 saturated heterocycles. The van der Waals surface area contributed by atoms with E-state index in [4.69, 9.17) is 0 Å². The molecule has 0 spiro atoms. The van der Waals surface area contributed by atoms with E-state index in [1.165, 1.54) is 36.8 Å². The lowest BCUT2D eigenvalue weighted by atomic mass is 9.94. The van der Waals surface area contributed by atoms with Crippen molar-refractivity contribution in [3.05, 3.63) is 35.4 Å². The van der Waals surface area contributed by atoms with E-state index >= 15 is 0 Å². The summed E-state index contributed by atoms with van der Waals surface area (Å²) in [5.41, 5.74) is 2.94.